The monoisotopic (exact) mass is 244 g/mol. The van der Waals surface area contributed by atoms with Crippen molar-refractivity contribution in [2.45, 2.75) is 50.5 Å². The van der Waals surface area contributed by atoms with E-state index in [2.05, 4.69) is 19.1 Å². The van der Waals surface area contributed by atoms with Gasteiger partial charge in [-0.1, -0.05) is 13.0 Å². The molecule has 1 saturated carbocycles. The molecule has 1 aromatic carbocycles. The molecule has 0 saturated heterocycles. The van der Waals surface area contributed by atoms with Crippen molar-refractivity contribution in [2.75, 3.05) is 7.11 Å². The number of benzene rings is 1. The Labute approximate surface area is 108 Å². The molecule has 2 aliphatic carbocycles. The first-order valence-electron chi connectivity index (χ1n) is 7.12. The molecular weight excluding hydrogens is 224 g/mol. The molecule has 1 aromatic rings. The summed E-state index contributed by atoms with van der Waals surface area (Å²) in [7, 11) is 1.74. The fourth-order valence-corrected chi connectivity index (χ4v) is 4.56. The third-order valence-corrected chi connectivity index (χ3v) is 5.52. The minimum atomic E-state index is 0.246. The van der Waals surface area contributed by atoms with Crippen LogP contribution in [0.1, 0.15) is 43.7 Å². The Balaban J connectivity index is 1.98. The lowest BCUT2D eigenvalue weighted by molar-refractivity contribution is 0.0554. The Morgan fingerprint density at radius 2 is 2.17 bits per heavy atom. The molecule has 0 aromatic heterocycles. The van der Waals surface area contributed by atoms with Crippen molar-refractivity contribution in [3.05, 3.63) is 23.3 Å². The van der Waals surface area contributed by atoms with Crippen molar-refractivity contribution in [1.82, 2.24) is 0 Å². The van der Waals surface area contributed by atoms with Crippen molar-refractivity contribution >= 4 is 0 Å². The number of hydrogen-bond donors (Lipinski definition) is 0. The van der Waals surface area contributed by atoms with Gasteiger partial charge in [-0.3, -0.25) is 0 Å². The Bertz CT molecular complexity index is 508. The van der Waals surface area contributed by atoms with Crippen molar-refractivity contribution in [3.8, 4) is 11.5 Å². The highest BCUT2D eigenvalue weighted by molar-refractivity contribution is 5.59. The first-order chi connectivity index (χ1) is 8.75. The molecule has 96 valence electrons. The number of ether oxygens (including phenoxy) is 2. The molecule has 3 atom stereocenters. The fourth-order valence-electron chi connectivity index (χ4n) is 4.56. The summed E-state index contributed by atoms with van der Waals surface area (Å²) in [6.07, 6.45) is 6.80. The first-order valence-corrected chi connectivity index (χ1v) is 7.12. The van der Waals surface area contributed by atoms with E-state index in [4.69, 9.17) is 9.47 Å². The highest BCUT2D eigenvalue weighted by atomic mass is 16.5. The van der Waals surface area contributed by atoms with Gasteiger partial charge in [0.15, 0.2) is 11.5 Å². The molecule has 1 fully saturated rings. The van der Waals surface area contributed by atoms with Gasteiger partial charge in [0.2, 0.25) is 0 Å². The van der Waals surface area contributed by atoms with Gasteiger partial charge < -0.3 is 9.47 Å². The highest BCUT2D eigenvalue weighted by Crippen LogP contribution is 2.59. The van der Waals surface area contributed by atoms with Gasteiger partial charge in [-0.25, -0.2) is 0 Å². The normalized spacial score (nSPS) is 35.9. The van der Waals surface area contributed by atoms with E-state index in [0.29, 0.717) is 6.10 Å². The SMILES string of the molecule is COc1ccc2c3c1O[C@@H]1CCCC(CC2)C31C. The maximum atomic E-state index is 6.30. The van der Waals surface area contributed by atoms with E-state index in [1.807, 2.05) is 0 Å². The van der Waals surface area contributed by atoms with Gasteiger partial charge in [-0.15, -0.1) is 0 Å². The third kappa shape index (κ3) is 1.10. The Hall–Kier alpha value is -1.18. The van der Waals surface area contributed by atoms with Gasteiger partial charge in [-0.2, -0.15) is 0 Å². The maximum Gasteiger partial charge on any atom is 0.165 e. The smallest absolute Gasteiger partial charge is 0.165 e. The zero-order valence-electron chi connectivity index (χ0n) is 11.2. The minimum absolute atomic E-state index is 0.246. The molecule has 18 heavy (non-hydrogen) atoms. The summed E-state index contributed by atoms with van der Waals surface area (Å²) in [5.74, 6) is 2.77. The molecule has 1 aliphatic heterocycles. The van der Waals surface area contributed by atoms with Gasteiger partial charge in [0, 0.05) is 11.0 Å². The van der Waals surface area contributed by atoms with Crippen LogP contribution in [0.15, 0.2) is 12.1 Å². The molecule has 0 amide bonds. The summed E-state index contributed by atoms with van der Waals surface area (Å²) in [6.45, 7) is 2.43. The third-order valence-electron chi connectivity index (χ3n) is 5.52. The molecule has 0 radical (unpaired) electrons. The summed E-state index contributed by atoms with van der Waals surface area (Å²) in [4.78, 5) is 0. The van der Waals surface area contributed by atoms with Crippen molar-refractivity contribution in [3.63, 3.8) is 0 Å². The Morgan fingerprint density at radius 3 is 3.00 bits per heavy atom. The van der Waals surface area contributed by atoms with Crippen LogP contribution in [-0.4, -0.2) is 13.2 Å². The fraction of sp³-hybridized carbons (Fsp3) is 0.625. The van der Waals surface area contributed by atoms with E-state index in [1.165, 1.54) is 43.2 Å². The van der Waals surface area contributed by atoms with E-state index in [1.54, 1.807) is 7.11 Å². The summed E-state index contributed by atoms with van der Waals surface area (Å²) in [5.41, 5.74) is 3.21. The average Bonchev–Trinajstić information content (AvgIpc) is 2.70. The van der Waals surface area contributed by atoms with Gasteiger partial charge in [-0.05, 0) is 49.7 Å². The van der Waals surface area contributed by atoms with E-state index < -0.39 is 0 Å². The van der Waals surface area contributed by atoms with Crippen molar-refractivity contribution < 1.29 is 9.47 Å². The summed E-state index contributed by atoms with van der Waals surface area (Å²) in [6, 6.07) is 4.33. The zero-order chi connectivity index (χ0) is 12.3. The highest BCUT2D eigenvalue weighted by Gasteiger charge is 2.55. The Morgan fingerprint density at radius 1 is 1.28 bits per heavy atom. The maximum absolute atomic E-state index is 6.30. The lowest BCUT2D eigenvalue weighted by Crippen LogP contribution is -2.47. The zero-order valence-corrected chi connectivity index (χ0v) is 11.2. The summed E-state index contributed by atoms with van der Waals surface area (Å²) in [5, 5.41) is 0. The number of rotatable bonds is 1. The van der Waals surface area contributed by atoms with Crippen LogP contribution in [0.5, 0.6) is 11.5 Å². The topological polar surface area (TPSA) is 18.5 Å². The van der Waals surface area contributed by atoms with Crippen LogP contribution < -0.4 is 9.47 Å². The van der Waals surface area contributed by atoms with E-state index >= 15 is 0 Å². The largest absolute Gasteiger partial charge is 0.493 e. The molecule has 0 bridgehead atoms. The number of aryl methyl sites for hydroxylation is 1. The second-order valence-electron chi connectivity index (χ2n) is 6.19. The van der Waals surface area contributed by atoms with Crippen molar-refractivity contribution in [1.29, 1.82) is 0 Å². The van der Waals surface area contributed by atoms with Gasteiger partial charge in [0.25, 0.3) is 0 Å². The molecule has 2 heteroatoms. The molecule has 4 rings (SSSR count). The lowest BCUT2D eigenvalue weighted by atomic mass is 9.58. The molecule has 1 heterocycles. The van der Waals surface area contributed by atoms with Crippen LogP contribution in [0.2, 0.25) is 0 Å². The van der Waals surface area contributed by atoms with Crippen LogP contribution in [0, 0.1) is 5.92 Å². The molecule has 2 nitrogen and oxygen atoms in total. The quantitative estimate of drug-likeness (QED) is 0.753. The van der Waals surface area contributed by atoms with Crippen LogP contribution in [0.4, 0.5) is 0 Å². The predicted molar refractivity (Wildman–Crippen MR) is 70.4 cm³/mol. The van der Waals surface area contributed by atoms with Gasteiger partial charge in [0.1, 0.15) is 6.10 Å². The minimum Gasteiger partial charge on any atom is -0.493 e. The van der Waals surface area contributed by atoms with Crippen LogP contribution in [0.3, 0.4) is 0 Å². The second-order valence-corrected chi connectivity index (χ2v) is 6.19. The van der Waals surface area contributed by atoms with E-state index in [-0.39, 0.29) is 5.41 Å². The van der Waals surface area contributed by atoms with Crippen molar-refractivity contribution in [2.24, 2.45) is 5.92 Å². The number of hydrogen-bond acceptors (Lipinski definition) is 2. The molecule has 0 N–H and O–H groups in total. The van der Waals surface area contributed by atoms with Crippen LogP contribution >= 0.6 is 0 Å². The molecule has 0 spiro atoms. The number of methoxy groups -OCH3 is 1. The molecule has 3 aliphatic rings. The summed E-state index contributed by atoms with van der Waals surface area (Å²) < 4.78 is 11.8. The Kier molecular flexibility index (Phi) is 2.04. The average molecular weight is 244 g/mol. The van der Waals surface area contributed by atoms with E-state index in [9.17, 15) is 0 Å². The van der Waals surface area contributed by atoms with Gasteiger partial charge >= 0.3 is 0 Å². The molecular formula is C16H20O2. The molecule has 2 unspecified atom stereocenters. The summed E-state index contributed by atoms with van der Waals surface area (Å²) >= 11 is 0. The second kappa shape index (κ2) is 3.43. The van der Waals surface area contributed by atoms with Crippen LogP contribution in [-0.2, 0) is 11.8 Å². The predicted octanol–water partition coefficient (Wildman–Crippen LogP) is 3.46. The first kappa shape index (κ1) is 10.7. The standard InChI is InChI=1S/C16H20O2/c1-16-11-4-3-5-13(16)18-15-12(17-2)9-7-10(6-8-11)14(15)16/h7,9,11,13H,3-6,8H2,1-2H3/t11?,13-,16?/m1/s1. The van der Waals surface area contributed by atoms with Crippen LogP contribution in [0.25, 0.3) is 0 Å². The van der Waals surface area contributed by atoms with Gasteiger partial charge in [0.05, 0.1) is 7.11 Å². The lowest BCUT2D eigenvalue weighted by Gasteiger charge is -2.45. The van der Waals surface area contributed by atoms with E-state index in [0.717, 1.165) is 17.4 Å².